The Hall–Kier alpha value is -0.0900. The monoisotopic (exact) mass is 275 g/mol. The third-order valence-corrected chi connectivity index (χ3v) is 4.91. The van der Waals surface area contributed by atoms with Gasteiger partial charge in [0.15, 0.2) is 0 Å². The summed E-state index contributed by atoms with van der Waals surface area (Å²) in [5, 5.41) is 3.60. The summed E-state index contributed by atoms with van der Waals surface area (Å²) < 4.78 is 22.4. The topological polar surface area (TPSA) is 46.2 Å². The van der Waals surface area contributed by atoms with E-state index in [-0.39, 0.29) is 5.54 Å². The van der Waals surface area contributed by atoms with Gasteiger partial charge in [-0.2, -0.15) is 0 Å². The minimum Gasteiger partial charge on any atom is -0.312 e. The first-order chi connectivity index (χ1) is 8.12. The number of hydrogen-bond donors (Lipinski definition) is 1. The molecule has 18 heavy (non-hydrogen) atoms. The lowest BCUT2D eigenvalue weighted by atomic mass is 9.81. The van der Waals surface area contributed by atoms with Crippen LogP contribution in [0, 0.1) is 5.41 Å². The molecule has 0 atom stereocenters. The van der Waals surface area contributed by atoms with Gasteiger partial charge in [0.1, 0.15) is 9.84 Å². The molecule has 0 radical (unpaired) electrons. The van der Waals surface area contributed by atoms with E-state index in [9.17, 15) is 8.42 Å². The average Bonchev–Trinajstić information content (AvgIpc) is 2.61. The molecule has 1 fully saturated rings. The fraction of sp³-hybridized carbons (Fsp3) is 1.00. The normalized spacial score (nSPS) is 20.2. The highest BCUT2D eigenvalue weighted by Gasteiger charge is 2.34. The molecule has 1 saturated carbocycles. The molecule has 1 aliphatic carbocycles. The number of nitrogens with one attached hydrogen (secondary N) is 1. The predicted molar refractivity (Wildman–Crippen MR) is 77.6 cm³/mol. The van der Waals surface area contributed by atoms with Crippen molar-refractivity contribution in [3.8, 4) is 0 Å². The van der Waals surface area contributed by atoms with Crippen LogP contribution in [-0.4, -0.2) is 32.5 Å². The van der Waals surface area contributed by atoms with Crippen molar-refractivity contribution in [3.63, 3.8) is 0 Å². The maximum Gasteiger partial charge on any atom is 0.147 e. The van der Waals surface area contributed by atoms with E-state index in [1.165, 1.54) is 31.9 Å². The highest BCUT2D eigenvalue weighted by Crippen LogP contribution is 2.41. The van der Waals surface area contributed by atoms with E-state index in [1.54, 1.807) is 0 Å². The van der Waals surface area contributed by atoms with Crippen molar-refractivity contribution in [3.05, 3.63) is 0 Å². The molecule has 0 amide bonds. The molecule has 0 unspecified atom stereocenters. The van der Waals surface area contributed by atoms with Crippen LogP contribution >= 0.6 is 0 Å². The Labute approximate surface area is 113 Å². The summed E-state index contributed by atoms with van der Waals surface area (Å²) in [4.78, 5) is 0. The predicted octanol–water partition coefficient (Wildman–Crippen LogP) is 2.76. The maximum atomic E-state index is 11.2. The molecule has 0 bridgehead atoms. The Morgan fingerprint density at radius 3 is 2.17 bits per heavy atom. The van der Waals surface area contributed by atoms with Crippen LogP contribution in [-0.2, 0) is 9.84 Å². The van der Waals surface area contributed by atoms with Crippen molar-refractivity contribution in [2.75, 3.05) is 18.6 Å². The van der Waals surface area contributed by atoms with Crippen LogP contribution in [0.25, 0.3) is 0 Å². The van der Waals surface area contributed by atoms with Crippen molar-refractivity contribution >= 4 is 9.84 Å². The molecule has 3 nitrogen and oxygen atoms in total. The zero-order chi connectivity index (χ0) is 13.9. The molecular formula is C14H29NO2S. The van der Waals surface area contributed by atoms with Crippen LogP contribution in [0.5, 0.6) is 0 Å². The average molecular weight is 275 g/mol. The quantitative estimate of drug-likeness (QED) is 0.811. The van der Waals surface area contributed by atoms with Gasteiger partial charge in [0.25, 0.3) is 0 Å². The van der Waals surface area contributed by atoms with E-state index in [2.05, 4.69) is 26.1 Å². The first-order valence-electron chi connectivity index (χ1n) is 7.05. The Balaban J connectivity index is 2.48. The fourth-order valence-electron chi connectivity index (χ4n) is 2.80. The second-order valence-corrected chi connectivity index (χ2v) is 9.30. The zero-order valence-corrected chi connectivity index (χ0v) is 13.2. The van der Waals surface area contributed by atoms with Crippen LogP contribution in [0.15, 0.2) is 0 Å². The van der Waals surface area contributed by atoms with E-state index in [0.29, 0.717) is 11.2 Å². The Bertz CT molecular complexity index is 348. The van der Waals surface area contributed by atoms with E-state index in [1.807, 2.05) is 0 Å². The number of hydrogen-bond acceptors (Lipinski definition) is 3. The van der Waals surface area contributed by atoms with Crippen molar-refractivity contribution in [1.29, 1.82) is 0 Å². The van der Waals surface area contributed by atoms with Gasteiger partial charge in [-0.25, -0.2) is 8.42 Å². The van der Waals surface area contributed by atoms with Gasteiger partial charge in [0.05, 0.1) is 0 Å². The summed E-state index contributed by atoms with van der Waals surface area (Å²) in [6, 6.07) is 0. The summed E-state index contributed by atoms with van der Waals surface area (Å²) in [5.74, 6) is 0.338. The van der Waals surface area contributed by atoms with Crippen molar-refractivity contribution in [1.82, 2.24) is 5.32 Å². The van der Waals surface area contributed by atoms with E-state index in [0.717, 1.165) is 19.4 Å². The highest BCUT2D eigenvalue weighted by molar-refractivity contribution is 7.90. The van der Waals surface area contributed by atoms with Gasteiger partial charge in [-0.1, -0.05) is 12.8 Å². The molecule has 0 aliphatic heterocycles. The van der Waals surface area contributed by atoms with Gasteiger partial charge in [-0.05, 0) is 51.9 Å². The molecule has 1 aliphatic rings. The third-order valence-electron chi connectivity index (χ3n) is 3.88. The van der Waals surface area contributed by atoms with Gasteiger partial charge < -0.3 is 5.32 Å². The lowest BCUT2D eigenvalue weighted by Crippen LogP contribution is -2.43. The highest BCUT2D eigenvalue weighted by atomic mass is 32.2. The largest absolute Gasteiger partial charge is 0.312 e. The van der Waals surface area contributed by atoms with E-state index in [4.69, 9.17) is 0 Å². The van der Waals surface area contributed by atoms with Crippen molar-refractivity contribution in [2.24, 2.45) is 5.41 Å². The second kappa shape index (κ2) is 5.91. The number of sulfone groups is 1. The van der Waals surface area contributed by atoms with Gasteiger partial charge in [0, 0.05) is 24.1 Å². The summed E-state index contributed by atoms with van der Waals surface area (Å²) in [6.45, 7) is 7.59. The van der Waals surface area contributed by atoms with Gasteiger partial charge in [-0.3, -0.25) is 0 Å². The van der Waals surface area contributed by atoms with Crippen LogP contribution in [0.2, 0.25) is 0 Å². The molecule has 4 heteroatoms. The van der Waals surface area contributed by atoms with Crippen LogP contribution in [0.1, 0.15) is 59.3 Å². The lowest BCUT2D eigenvalue weighted by Gasteiger charge is -2.33. The van der Waals surface area contributed by atoms with Crippen LogP contribution in [0.3, 0.4) is 0 Å². The molecule has 0 aromatic rings. The van der Waals surface area contributed by atoms with E-state index >= 15 is 0 Å². The molecule has 108 valence electrons. The Morgan fingerprint density at radius 2 is 1.72 bits per heavy atom. The summed E-state index contributed by atoms with van der Waals surface area (Å²) >= 11 is 0. The van der Waals surface area contributed by atoms with Crippen LogP contribution < -0.4 is 5.32 Å². The molecule has 0 aromatic heterocycles. The first-order valence-corrected chi connectivity index (χ1v) is 9.11. The van der Waals surface area contributed by atoms with Crippen molar-refractivity contribution in [2.45, 2.75) is 64.8 Å². The summed E-state index contributed by atoms with van der Waals surface area (Å²) in [5.41, 5.74) is 0.490. The second-order valence-electron chi connectivity index (χ2n) is 7.04. The molecule has 0 aromatic carbocycles. The van der Waals surface area contributed by atoms with Crippen molar-refractivity contribution < 1.29 is 8.42 Å². The Morgan fingerprint density at radius 1 is 1.17 bits per heavy atom. The molecule has 1 N–H and O–H groups in total. The lowest BCUT2D eigenvalue weighted by molar-refractivity contribution is 0.227. The smallest absolute Gasteiger partial charge is 0.147 e. The van der Waals surface area contributed by atoms with Gasteiger partial charge in [-0.15, -0.1) is 0 Å². The maximum absolute atomic E-state index is 11.2. The molecule has 0 saturated heterocycles. The van der Waals surface area contributed by atoms with E-state index < -0.39 is 9.84 Å². The molecule has 0 heterocycles. The Kier molecular flexibility index (Phi) is 5.24. The SMILES string of the molecule is CC(C)(C)NCC1(CCCS(C)(=O)=O)CCCC1. The fourth-order valence-corrected chi connectivity index (χ4v) is 3.47. The minimum atomic E-state index is -2.81. The minimum absolute atomic E-state index is 0.145. The van der Waals surface area contributed by atoms with Gasteiger partial charge in [0.2, 0.25) is 0 Å². The molecule has 0 spiro atoms. The third kappa shape index (κ3) is 6.19. The molecule has 1 rings (SSSR count). The number of rotatable bonds is 6. The molecular weight excluding hydrogens is 246 g/mol. The standard InChI is InChI=1S/C14H29NO2S/c1-13(2,3)15-12-14(8-5-6-9-14)10-7-11-18(4,16)17/h15H,5-12H2,1-4H3. The zero-order valence-electron chi connectivity index (χ0n) is 12.4. The summed E-state index contributed by atoms with van der Waals surface area (Å²) in [6.07, 6.45) is 8.28. The summed E-state index contributed by atoms with van der Waals surface area (Å²) in [7, 11) is -2.81. The van der Waals surface area contributed by atoms with Gasteiger partial charge >= 0.3 is 0 Å². The van der Waals surface area contributed by atoms with Crippen LogP contribution in [0.4, 0.5) is 0 Å². The first kappa shape index (κ1) is 16.0.